The quantitative estimate of drug-likeness (QED) is 0.0116. The Hall–Kier alpha value is -8.50. The number of esters is 3. The Morgan fingerprint density at radius 2 is 0.904 bits per heavy atom. The van der Waals surface area contributed by atoms with Crippen molar-refractivity contribution in [1.29, 1.82) is 0 Å². The average molecular weight is 1330 g/mol. The number of ether oxygens (including phenoxy) is 12. The van der Waals surface area contributed by atoms with E-state index in [0.29, 0.717) is 11.1 Å². The number of phenolic OH excluding ortho intramolecular Hbond substituents is 4. The van der Waals surface area contributed by atoms with Crippen molar-refractivity contribution in [3.63, 3.8) is 0 Å². The van der Waals surface area contributed by atoms with E-state index in [0.717, 1.165) is 42.5 Å². The van der Waals surface area contributed by atoms with E-state index in [1.807, 2.05) is 0 Å². The fourth-order valence-corrected chi connectivity index (χ4v) is 10.0. The summed E-state index contributed by atoms with van der Waals surface area (Å²) in [6.45, 7) is -3.23. The standard InChI is InChI=1S/C60H66O34/c61-19-35-44(71)48(75)53(80)58(91-35)88-32-13-25(56-34(17-29-30(64)15-27(63)16-31(29)87-56)90-60-55(82)51(78)47(74)38(94-60)22-85-42(69)18-39(65)66)14-33(43(32)70)89-59-54(81)50(77)46(73)37(93-59)21-84-41(68)12-6-24-3-9-28(10-4-24)86-57-52(79)49(76)45(72)36(92-57)20-83-40(67)11-5-23-1-7-26(62)8-2-23/h1-17,35-38,44-64,70-82H,18-22H2,(H,65,66)/p+1. The first kappa shape index (κ1) is 69.8. The zero-order valence-electron chi connectivity index (χ0n) is 48.6. The van der Waals surface area contributed by atoms with Gasteiger partial charge in [-0.05, 0) is 59.7 Å². The number of aliphatic hydroxyl groups excluding tert-OH is 13. The lowest BCUT2D eigenvalue weighted by atomic mass is 9.98. The summed E-state index contributed by atoms with van der Waals surface area (Å²) >= 11 is 0. The molecule has 19 N–H and O–H groups in total. The van der Waals surface area contributed by atoms with Gasteiger partial charge in [-0.1, -0.05) is 24.3 Å². The molecule has 5 aliphatic heterocycles. The summed E-state index contributed by atoms with van der Waals surface area (Å²) in [7, 11) is 0. The fourth-order valence-electron chi connectivity index (χ4n) is 10.0. The Labute approximate surface area is 529 Å². The molecule has 5 heterocycles. The van der Waals surface area contributed by atoms with Crippen LogP contribution in [0.15, 0.2) is 90.7 Å². The monoisotopic (exact) mass is 1330 g/mol. The Bertz CT molecular complexity index is 3390. The van der Waals surface area contributed by atoms with Crippen molar-refractivity contribution in [1.82, 2.24) is 0 Å². The molecule has 0 radical (unpaired) electrons. The van der Waals surface area contributed by atoms with E-state index in [9.17, 15) is 106 Å². The highest BCUT2D eigenvalue weighted by Crippen LogP contribution is 2.49. The number of fused-ring (bicyclic) bond motifs is 1. The van der Waals surface area contributed by atoms with Gasteiger partial charge in [-0.2, -0.15) is 0 Å². The summed E-state index contributed by atoms with van der Waals surface area (Å²) in [6.07, 6.45) is -35.0. The van der Waals surface area contributed by atoms with Crippen molar-refractivity contribution in [2.24, 2.45) is 0 Å². The van der Waals surface area contributed by atoms with Crippen LogP contribution in [-0.2, 0) is 57.1 Å². The minimum Gasteiger partial charge on any atom is -0.571 e. The molecule has 4 aromatic rings. The van der Waals surface area contributed by atoms with Crippen LogP contribution in [0.4, 0.5) is 0 Å². The number of carbonyl (C=O) groups excluding carboxylic acids is 3. The van der Waals surface area contributed by atoms with Gasteiger partial charge in [0.25, 0.3) is 11.9 Å². The highest BCUT2D eigenvalue weighted by atomic mass is 16.7. The third-order valence-corrected chi connectivity index (χ3v) is 15.2. The van der Waals surface area contributed by atoms with E-state index in [1.165, 1.54) is 48.6 Å². The number of carboxylic acids is 1. The van der Waals surface area contributed by atoms with Crippen LogP contribution in [0.2, 0.25) is 0 Å². The summed E-state index contributed by atoms with van der Waals surface area (Å²) < 4.78 is 66.1. The first-order chi connectivity index (χ1) is 44.7. The van der Waals surface area contributed by atoms with Crippen LogP contribution >= 0.6 is 0 Å². The van der Waals surface area contributed by atoms with Gasteiger partial charge < -0.3 is 149 Å². The van der Waals surface area contributed by atoms with Gasteiger partial charge >= 0.3 is 23.9 Å². The second-order valence-electron chi connectivity index (χ2n) is 21.9. The molecule has 9 rings (SSSR count). The Morgan fingerprint density at radius 3 is 1.37 bits per heavy atom. The number of hydrogen-bond acceptors (Lipinski definition) is 32. The predicted molar refractivity (Wildman–Crippen MR) is 305 cm³/mol. The molecule has 0 amide bonds. The van der Waals surface area contributed by atoms with E-state index >= 15 is 0 Å². The first-order valence-corrected chi connectivity index (χ1v) is 28.6. The number of carboxylic acid groups (broad SMARTS) is 1. The number of carbonyl (C=O) groups is 4. The Morgan fingerprint density at radius 1 is 0.479 bits per heavy atom. The van der Waals surface area contributed by atoms with Crippen LogP contribution in [0.5, 0.6) is 46.0 Å². The van der Waals surface area contributed by atoms with Crippen molar-refractivity contribution < 1.29 is 168 Å². The topological polar surface area (TPSA) is 547 Å². The lowest BCUT2D eigenvalue weighted by Crippen LogP contribution is -2.60. The van der Waals surface area contributed by atoms with Gasteiger partial charge in [-0.3, -0.25) is 9.59 Å². The molecular weight excluding hydrogens is 1260 g/mol. The van der Waals surface area contributed by atoms with E-state index < -0.39 is 220 Å². The molecular formula is C60H67O34+. The molecule has 34 heteroatoms. The molecule has 34 nitrogen and oxygen atoms in total. The van der Waals surface area contributed by atoms with E-state index in [2.05, 4.69) is 4.74 Å². The molecule has 21 unspecified atom stereocenters. The van der Waals surface area contributed by atoms with Crippen LogP contribution in [0, 0.1) is 0 Å². The third-order valence-electron chi connectivity index (χ3n) is 15.2. The molecule has 0 aromatic heterocycles. The molecule has 4 aromatic carbocycles. The molecule has 94 heavy (non-hydrogen) atoms. The minimum absolute atomic E-state index is 0.0188. The maximum Gasteiger partial charge on any atom is 0.330 e. The van der Waals surface area contributed by atoms with Gasteiger partial charge in [0.15, 0.2) is 17.3 Å². The fraction of sp³-hybridized carbons (Fsp3) is 0.433. The van der Waals surface area contributed by atoms with Crippen molar-refractivity contribution >= 4 is 42.1 Å². The van der Waals surface area contributed by atoms with E-state index in [1.54, 1.807) is 12.1 Å². The lowest BCUT2D eigenvalue weighted by molar-refractivity contribution is -0.296. The maximum atomic E-state index is 13.1. The Balaban J connectivity index is 0.905. The normalized spacial score (nSPS) is 32.5. The lowest BCUT2D eigenvalue weighted by Gasteiger charge is -2.41. The summed E-state index contributed by atoms with van der Waals surface area (Å²) in [5, 5.41) is 192. The van der Waals surface area contributed by atoms with E-state index in [-0.39, 0.29) is 28.4 Å². The number of benzene rings is 4. The largest absolute Gasteiger partial charge is 0.571 e. The van der Waals surface area contributed by atoms with E-state index in [4.69, 9.17) is 57.2 Å². The van der Waals surface area contributed by atoms with Crippen molar-refractivity contribution in [3.8, 4) is 46.0 Å². The van der Waals surface area contributed by atoms with Crippen LogP contribution in [0.1, 0.15) is 34.8 Å². The van der Waals surface area contributed by atoms with Crippen LogP contribution in [0.25, 0.3) is 18.2 Å². The highest BCUT2D eigenvalue weighted by molar-refractivity contribution is 5.90. The summed E-state index contributed by atoms with van der Waals surface area (Å²) in [5.74, 6) is -8.98. The summed E-state index contributed by atoms with van der Waals surface area (Å²) in [6, 6.07) is 15.5. The number of aromatic hydroxyl groups is 5. The first-order valence-electron chi connectivity index (χ1n) is 28.6. The molecule has 0 saturated carbocycles. The number of rotatable bonds is 22. The number of aliphatic hydroxyl groups is 14. The summed E-state index contributed by atoms with van der Waals surface area (Å²) in [5.41, 5.74) is 0.510. The highest BCUT2D eigenvalue weighted by Gasteiger charge is 2.51. The maximum absolute atomic E-state index is 13.1. The molecule has 0 aliphatic carbocycles. The molecule has 21 atom stereocenters. The second kappa shape index (κ2) is 30.3. The smallest absolute Gasteiger partial charge is 0.330 e. The number of aliphatic carboxylic acids is 1. The van der Waals surface area contributed by atoms with Crippen LogP contribution in [-0.4, -0.2) is 270 Å². The number of phenols is 4. The molecule has 0 spiro atoms. The third kappa shape index (κ3) is 16.3. The predicted octanol–water partition coefficient (Wildman–Crippen LogP) is -4.25. The van der Waals surface area contributed by atoms with Crippen LogP contribution < -0.4 is 14.2 Å². The minimum atomic E-state index is -2.20. The zero-order valence-corrected chi connectivity index (χ0v) is 48.6. The average Bonchev–Trinajstić information content (AvgIpc) is 0.766. The van der Waals surface area contributed by atoms with Crippen molar-refractivity contribution in [2.75, 3.05) is 26.4 Å². The van der Waals surface area contributed by atoms with Gasteiger partial charge in [-0.25, -0.2) is 9.59 Å². The summed E-state index contributed by atoms with van der Waals surface area (Å²) in [4.78, 5) is 48.7. The van der Waals surface area contributed by atoms with Gasteiger partial charge in [0.05, 0.1) is 18.2 Å². The number of hydrogen-bond donors (Lipinski definition) is 18. The van der Waals surface area contributed by atoms with Crippen molar-refractivity contribution in [3.05, 3.63) is 113 Å². The van der Waals surface area contributed by atoms with Crippen LogP contribution in [0.3, 0.4) is 0 Å². The Kier molecular flexibility index (Phi) is 22.5. The van der Waals surface area contributed by atoms with Gasteiger partial charge in [-0.15, -0.1) is 0 Å². The van der Waals surface area contributed by atoms with Gasteiger partial charge in [0.1, 0.15) is 152 Å². The SMILES string of the molecule is O=C(O)CC(=O)OCC1OC(OC2=Cc3c(O)cc(O)cc3[OH+]C2c2cc(OC3OC(CO)C(O)C(O)C3O)c(O)c(OC3OC(COC(=O)C=Cc4ccc(OC5OC(COC(=O)C=Cc6ccc(O)cc6)C(O)C(O)C5O)cc4)C(O)C(O)C3O)c2)C(O)C(O)C1O. The second-order valence-corrected chi connectivity index (χ2v) is 21.9. The molecule has 4 saturated heterocycles. The van der Waals surface area contributed by atoms with Gasteiger partial charge in [0.2, 0.25) is 30.9 Å². The van der Waals surface area contributed by atoms with Gasteiger partial charge in [0, 0.05) is 24.3 Å². The molecule has 4 fully saturated rings. The molecule has 510 valence electrons. The molecule has 5 aliphatic rings. The molecule has 0 bridgehead atoms. The van der Waals surface area contributed by atoms with Crippen molar-refractivity contribution in [2.45, 2.75) is 135 Å². The zero-order chi connectivity index (χ0) is 68.0.